The van der Waals surface area contributed by atoms with Crippen molar-refractivity contribution in [1.82, 2.24) is 5.32 Å². The molecular formula is C20H21ClN2O2. The predicted octanol–water partition coefficient (Wildman–Crippen LogP) is 4.57. The summed E-state index contributed by atoms with van der Waals surface area (Å²) in [5.41, 5.74) is 2.52. The van der Waals surface area contributed by atoms with E-state index >= 15 is 0 Å². The Kier molecular flexibility index (Phi) is 5.39. The number of carbonyl (C=O) groups is 2. The van der Waals surface area contributed by atoms with Crippen LogP contribution in [-0.2, 0) is 0 Å². The van der Waals surface area contributed by atoms with Crippen molar-refractivity contribution in [2.24, 2.45) is 0 Å². The SMILES string of the molecule is Cc1ccc(NC(=O)c2cccc(C(=O)NC3CCCC3)c2)cc1Cl. The molecule has 0 atom stereocenters. The number of anilines is 1. The molecule has 2 amide bonds. The molecule has 0 saturated heterocycles. The summed E-state index contributed by atoms with van der Waals surface area (Å²) in [5, 5.41) is 6.45. The van der Waals surface area contributed by atoms with E-state index in [1.807, 2.05) is 13.0 Å². The molecule has 1 saturated carbocycles. The Bertz CT molecular complexity index is 798. The van der Waals surface area contributed by atoms with Gasteiger partial charge in [-0.25, -0.2) is 0 Å². The van der Waals surface area contributed by atoms with E-state index < -0.39 is 0 Å². The van der Waals surface area contributed by atoms with E-state index in [0.29, 0.717) is 21.8 Å². The molecule has 0 spiro atoms. The number of hydrogen-bond donors (Lipinski definition) is 2. The molecule has 0 radical (unpaired) electrons. The van der Waals surface area contributed by atoms with Gasteiger partial charge in [-0.3, -0.25) is 9.59 Å². The van der Waals surface area contributed by atoms with Crippen LogP contribution in [0.15, 0.2) is 42.5 Å². The Morgan fingerprint density at radius 2 is 1.68 bits per heavy atom. The standard InChI is InChI=1S/C20H21ClN2O2/c1-13-9-10-17(12-18(13)21)23-20(25)15-6-4-5-14(11-15)19(24)22-16-7-2-3-8-16/h4-6,9-12,16H,2-3,7-8H2,1H3,(H,22,24)(H,23,25). The van der Waals surface area contributed by atoms with Crippen molar-refractivity contribution < 1.29 is 9.59 Å². The van der Waals surface area contributed by atoms with Crippen LogP contribution in [0.25, 0.3) is 0 Å². The second kappa shape index (κ2) is 7.70. The molecule has 2 aromatic rings. The van der Waals surface area contributed by atoms with Crippen molar-refractivity contribution in [3.63, 3.8) is 0 Å². The van der Waals surface area contributed by atoms with Gasteiger partial charge in [0.2, 0.25) is 0 Å². The fourth-order valence-corrected chi connectivity index (χ4v) is 3.19. The van der Waals surface area contributed by atoms with E-state index in [0.717, 1.165) is 31.2 Å². The number of amides is 2. The zero-order valence-corrected chi connectivity index (χ0v) is 14.9. The summed E-state index contributed by atoms with van der Waals surface area (Å²) >= 11 is 6.09. The van der Waals surface area contributed by atoms with Gasteiger partial charge in [0.1, 0.15) is 0 Å². The lowest BCUT2D eigenvalue weighted by molar-refractivity contribution is 0.0938. The first-order chi connectivity index (χ1) is 12.0. The Hall–Kier alpha value is -2.33. The van der Waals surface area contributed by atoms with Crippen molar-refractivity contribution in [2.45, 2.75) is 38.6 Å². The first-order valence-corrected chi connectivity index (χ1v) is 8.89. The van der Waals surface area contributed by atoms with Crippen LogP contribution in [0.3, 0.4) is 0 Å². The highest BCUT2D eigenvalue weighted by molar-refractivity contribution is 6.31. The minimum absolute atomic E-state index is 0.125. The number of aryl methyl sites for hydroxylation is 1. The number of hydrogen-bond acceptors (Lipinski definition) is 2. The lowest BCUT2D eigenvalue weighted by atomic mass is 10.1. The predicted molar refractivity (Wildman–Crippen MR) is 100 cm³/mol. The summed E-state index contributed by atoms with van der Waals surface area (Å²) in [6.45, 7) is 1.90. The summed E-state index contributed by atoms with van der Waals surface area (Å²) < 4.78 is 0. The molecule has 0 bridgehead atoms. The molecule has 5 heteroatoms. The van der Waals surface area contributed by atoms with E-state index in [4.69, 9.17) is 11.6 Å². The zero-order valence-electron chi connectivity index (χ0n) is 14.1. The first-order valence-electron chi connectivity index (χ1n) is 8.51. The van der Waals surface area contributed by atoms with Crippen LogP contribution in [-0.4, -0.2) is 17.9 Å². The third-order valence-corrected chi connectivity index (χ3v) is 4.91. The number of nitrogens with one attached hydrogen (secondary N) is 2. The molecule has 1 aliphatic rings. The highest BCUT2D eigenvalue weighted by atomic mass is 35.5. The molecule has 2 N–H and O–H groups in total. The second-order valence-electron chi connectivity index (χ2n) is 6.45. The second-order valence-corrected chi connectivity index (χ2v) is 6.86. The van der Waals surface area contributed by atoms with Gasteiger partial charge in [-0.15, -0.1) is 0 Å². The number of carbonyl (C=O) groups excluding carboxylic acids is 2. The maximum atomic E-state index is 12.4. The molecule has 3 rings (SSSR count). The average Bonchev–Trinajstić information content (AvgIpc) is 3.11. The number of rotatable bonds is 4. The van der Waals surface area contributed by atoms with E-state index in [9.17, 15) is 9.59 Å². The topological polar surface area (TPSA) is 58.2 Å². The molecule has 2 aromatic carbocycles. The largest absolute Gasteiger partial charge is 0.349 e. The van der Waals surface area contributed by atoms with E-state index in [1.54, 1.807) is 36.4 Å². The normalized spacial score (nSPS) is 14.3. The molecule has 0 aliphatic heterocycles. The lowest BCUT2D eigenvalue weighted by Crippen LogP contribution is -2.32. The Balaban J connectivity index is 1.70. The van der Waals surface area contributed by atoms with Crippen molar-refractivity contribution >= 4 is 29.1 Å². The summed E-state index contributed by atoms with van der Waals surface area (Å²) in [4.78, 5) is 24.8. The van der Waals surface area contributed by atoms with Crippen LogP contribution in [0.5, 0.6) is 0 Å². The molecular weight excluding hydrogens is 336 g/mol. The van der Waals surface area contributed by atoms with E-state index in [2.05, 4.69) is 10.6 Å². The first kappa shape index (κ1) is 17.5. The van der Waals surface area contributed by atoms with Gasteiger partial charge >= 0.3 is 0 Å². The fourth-order valence-electron chi connectivity index (χ4n) is 3.01. The monoisotopic (exact) mass is 356 g/mol. The summed E-state index contributed by atoms with van der Waals surface area (Å²) in [5.74, 6) is -0.393. The van der Waals surface area contributed by atoms with Crippen LogP contribution in [0.1, 0.15) is 52.0 Å². The molecule has 25 heavy (non-hydrogen) atoms. The van der Waals surface area contributed by atoms with Gasteiger partial charge in [-0.1, -0.05) is 36.6 Å². The molecule has 1 aliphatic carbocycles. The smallest absolute Gasteiger partial charge is 0.255 e. The van der Waals surface area contributed by atoms with Crippen LogP contribution in [0, 0.1) is 6.92 Å². The summed E-state index contributed by atoms with van der Waals surface area (Å²) in [6.07, 6.45) is 4.37. The van der Waals surface area contributed by atoms with Crippen LogP contribution in [0.2, 0.25) is 5.02 Å². The van der Waals surface area contributed by atoms with E-state index in [1.165, 1.54) is 0 Å². The lowest BCUT2D eigenvalue weighted by Gasteiger charge is -2.12. The average molecular weight is 357 g/mol. The van der Waals surface area contributed by atoms with Gasteiger partial charge in [0.15, 0.2) is 0 Å². The Morgan fingerprint density at radius 3 is 2.36 bits per heavy atom. The molecule has 4 nitrogen and oxygen atoms in total. The van der Waals surface area contributed by atoms with Gasteiger partial charge < -0.3 is 10.6 Å². The summed E-state index contributed by atoms with van der Waals surface area (Å²) in [6, 6.07) is 12.4. The summed E-state index contributed by atoms with van der Waals surface area (Å²) in [7, 11) is 0. The van der Waals surface area contributed by atoms with Gasteiger partial charge in [0.05, 0.1) is 0 Å². The van der Waals surface area contributed by atoms with Gasteiger partial charge in [-0.2, -0.15) is 0 Å². The third-order valence-electron chi connectivity index (χ3n) is 4.51. The van der Waals surface area contributed by atoms with Crippen LogP contribution >= 0.6 is 11.6 Å². The molecule has 0 aromatic heterocycles. The minimum Gasteiger partial charge on any atom is -0.349 e. The van der Waals surface area contributed by atoms with Gasteiger partial charge in [0, 0.05) is 27.9 Å². The van der Waals surface area contributed by atoms with E-state index in [-0.39, 0.29) is 17.9 Å². The molecule has 0 heterocycles. The number of halogens is 1. The Morgan fingerprint density at radius 1 is 1.00 bits per heavy atom. The quantitative estimate of drug-likeness (QED) is 0.842. The van der Waals surface area contributed by atoms with Crippen LogP contribution in [0.4, 0.5) is 5.69 Å². The van der Waals surface area contributed by atoms with Crippen molar-refractivity contribution in [1.29, 1.82) is 0 Å². The number of benzene rings is 2. The van der Waals surface area contributed by atoms with Crippen molar-refractivity contribution in [3.05, 3.63) is 64.2 Å². The van der Waals surface area contributed by atoms with Crippen molar-refractivity contribution in [2.75, 3.05) is 5.32 Å². The highest BCUT2D eigenvalue weighted by Gasteiger charge is 2.18. The van der Waals surface area contributed by atoms with Crippen molar-refractivity contribution in [3.8, 4) is 0 Å². The maximum Gasteiger partial charge on any atom is 0.255 e. The third kappa shape index (κ3) is 4.40. The molecule has 1 fully saturated rings. The molecule has 0 unspecified atom stereocenters. The fraction of sp³-hybridized carbons (Fsp3) is 0.300. The Labute approximate surface area is 152 Å². The zero-order chi connectivity index (χ0) is 17.8. The highest BCUT2D eigenvalue weighted by Crippen LogP contribution is 2.21. The van der Waals surface area contributed by atoms with Gasteiger partial charge in [-0.05, 0) is 55.7 Å². The van der Waals surface area contributed by atoms with Gasteiger partial charge in [0.25, 0.3) is 11.8 Å². The van der Waals surface area contributed by atoms with Crippen LogP contribution < -0.4 is 10.6 Å². The minimum atomic E-state index is -0.268. The maximum absolute atomic E-state index is 12.4. The molecule has 130 valence electrons.